The van der Waals surface area contributed by atoms with Gasteiger partial charge in [-0.1, -0.05) is 12.2 Å². The molecule has 0 bridgehead atoms. The number of furan rings is 1. The van der Waals surface area contributed by atoms with E-state index in [-0.39, 0.29) is 6.04 Å². The molecule has 1 N–H and O–H groups in total. The molecule has 18 heavy (non-hydrogen) atoms. The predicted octanol–water partition coefficient (Wildman–Crippen LogP) is 2.41. The fraction of sp³-hybridized carbons (Fsp3) is 0.357. The lowest BCUT2D eigenvalue weighted by Crippen LogP contribution is -2.32. The first-order valence-electron chi connectivity index (χ1n) is 6.26. The lowest BCUT2D eigenvalue weighted by atomic mass is 10.1. The summed E-state index contributed by atoms with van der Waals surface area (Å²) in [6, 6.07) is 4.40. The molecule has 0 aliphatic heterocycles. The maximum absolute atomic E-state index is 5.55. The highest BCUT2D eigenvalue weighted by atomic mass is 16.3. The maximum Gasteiger partial charge on any atom is 0.133 e. The van der Waals surface area contributed by atoms with Crippen LogP contribution < -0.4 is 5.32 Å². The van der Waals surface area contributed by atoms with Gasteiger partial charge in [0, 0.05) is 25.5 Å². The molecule has 0 aromatic carbocycles. The van der Waals surface area contributed by atoms with Crippen LogP contribution in [0.1, 0.15) is 30.5 Å². The van der Waals surface area contributed by atoms with Gasteiger partial charge in [-0.15, -0.1) is 0 Å². The summed E-state index contributed by atoms with van der Waals surface area (Å²) in [6.07, 6.45) is 12.1. The summed E-state index contributed by atoms with van der Waals surface area (Å²) in [7, 11) is 2.01. The van der Waals surface area contributed by atoms with Crippen LogP contribution in [0.15, 0.2) is 47.4 Å². The topological polar surface area (TPSA) is 43.0 Å². The molecule has 2 aromatic heterocycles. The van der Waals surface area contributed by atoms with Crippen molar-refractivity contribution in [2.75, 3.05) is 0 Å². The second-order valence-corrected chi connectivity index (χ2v) is 4.65. The third-order valence-electron chi connectivity index (χ3n) is 3.35. The predicted molar refractivity (Wildman–Crippen MR) is 69.1 cm³/mol. The van der Waals surface area contributed by atoms with Crippen molar-refractivity contribution in [3.05, 3.63) is 54.5 Å². The summed E-state index contributed by atoms with van der Waals surface area (Å²) in [6.45, 7) is 0. The monoisotopic (exact) mass is 243 g/mol. The van der Waals surface area contributed by atoms with E-state index >= 15 is 0 Å². The minimum absolute atomic E-state index is 0.0184. The second kappa shape index (κ2) is 4.82. The van der Waals surface area contributed by atoms with E-state index in [9.17, 15) is 0 Å². The Bertz CT molecular complexity index is 519. The van der Waals surface area contributed by atoms with Crippen molar-refractivity contribution >= 4 is 0 Å². The summed E-state index contributed by atoms with van der Waals surface area (Å²) in [5, 5.41) is 3.62. The van der Waals surface area contributed by atoms with Gasteiger partial charge in [-0.05, 0) is 25.0 Å². The lowest BCUT2D eigenvalue weighted by molar-refractivity contribution is 0.394. The van der Waals surface area contributed by atoms with Gasteiger partial charge in [0.15, 0.2) is 0 Å². The Balaban J connectivity index is 1.86. The molecule has 0 radical (unpaired) electrons. The van der Waals surface area contributed by atoms with Crippen LogP contribution in [0.3, 0.4) is 0 Å². The number of aryl methyl sites for hydroxylation is 1. The lowest BCUT2D eigenvalue weighted by Gasteiger charge is -2.21. The fourth-order valence-corrected chi connectivity index (χ4v) is 2.38. The van der Waals surface area contributed by atoms with Crippen molar-refractivity contribution in [1.82, 2.24) is 14.9 Å². The van der Waals surface area contributed by atoms with Gasteiger partial charge in [-0.2, -0.15) is 0 Å². The Kier molecular flexibility index (Phi) is 3.02. The standard InChI is InChI=1S/C14H17N3O/c1-17-9-8-15-14(17)13(12-7-4-10-18-12)16-11-5-2-3-6-11/h2-4,7-11,13,16H,5-6H2,1H3. The van der Waals surface area contributed by atoms with Crippen LogP contribution in [-0.4, -0.2) is 15.6 Å². The molecule has 1 aliphatic rings. The summed E-state index contributed by atoms with van der Waals surface area (Å²) >= 11 is 0. The van der Waals surface area contributed by atoms with Gasteiger partial charge in [-0.25, -0.2) is 4.98 Å². The highest BCUT2D eigenvalue weighted by Gasteiger charge is 2.24. The van der Waals surface area contributed by atoms with Crippen LogP contribution in [0.5, 0.6) is 0 Å². The van der Waals surface area contributed by atoms with Crippen LogP contribution in [0.2, 0.25) is 0 Å². The molecule has 2 aromatic rings. The van der Waals surface area contributed by atoms with Gasteiger partial charge < -0.3 is 8.98 Å². The van der Waals surface area contributed by atoms with E-state index in [1.54, 1.807) is 6.26 Å². The van der Waals surface area contributed by atoms with E-state index in [4.69, 9.17) is 4.42 Å². The van der Waals surface area contributed by atoms with Crippen molar-refractivity contribution in [3.63, 3.8) is 0 Å². The Morgan fingerprint density at radius 3 is 2.89 bits per heavy atom. The smallest absolute Gasteiger partial charge is 0.133 e. The molecule has 0 saturated carbocycles. The SMILES string of the molecule is Cn1ccnc1C(NC1CC=CC1)c1ccco1. The van der Waals surface area contributed by atoms with Crippen LogP contribution in [0.25, 0.3) is 0 Å². The third-order valence-corrected chi connectivity index (χ3v) is 3.35. The summed E-state index contributed by atoms with van der Waals surface area (Å²) in [5.41, 5.74) is 0. The molecule has 0 amide bonds. The minimum atomic E-state index is 0.0184. The van der Waals surface area contributed by atoms with E-state index in [2.05, 4.69) is 22.5 Å². The number of rotatable bonds is 4. The Hall–Kier alpha value is -1.81. The maximum atomic E-state index is 5.55. The van der Waals surface area contributed by atoms with Crippen molar-refractivity contribution in [2.24, 2.45) is 7.05 Å². The third kappa shape index (κ3) is 2.11. The van der Waals surface area contributed by atoms with Crippen LogP contribution in [0, 0.1) is 0 Å². The zero-order valence-electron chi connectivity index (χ0n) is 10.4. The first kappa shape index (κ1) is 11.3. The molecule has 4 nitrogen and oxygen atoms in total. The molecule has 2 heterocycles. The number of hydrogen-bond acceptors (Lipinski definition) is 3. The number of imidazole rings is 1. The molecule has 4 heteroatoms. The largest absolute Gasteiger partial charge is 0.467 e. The molecule has 0 fully saturated rings. The first-order valence-corrected chi connectivity index (χ1v) is 6.26. The number of aromatic nitrogens is 2. The first-order chi connectivity index (χ1) is 8.84. The number of nitrogens with zero attached hydrogens (tertiary/aromatic N) is 2. The average Bonchev–Trinajstić information content (AvgIpc) is 3.09. The molecule has 1 atom stereocenters. The van der Waals surface area contributed by atoms with Gasteiger partial charge in [0.05, 0.1) is 6.26 Å². The summed E-state index contributed by atoms with van der Waals surface area (Å²) in [4.78, 5) is 4.43. The van der Waals surface area contributed by atoms with E-state index in [1.165, 1.54) is 0 Å². The van der Waals surface area contributed by atoms with E-state index < -0.39 is 0 Å². The Labute approximate surface area is 106 Å². The quantitative estimate of drug-likeness (QED) is 0.839. The van der Waals surface area contributed by atoms with E-state index in [0.29, 0.717) is 6.04 Å². The highest BCUT2D eigenvalue weighted by Crippen LogP contribution is 2.23. The molecular formula is C14H17N3O. The molecule has 0 spiro atoms. The average molecular weight is 243 g/mol. The van der Waals surface area contributed by atoms with Crippen molar-refractivity contribution in [2.45, 2.75) is 24.9 Å². The zero-order chi connectivity index (χ0) is 12.4. The molecule has 0 saturated heterocycles. The van der Waals surface area contributed by atoms with Gasteiger partial charge in [0.1, 0.15) is 17.6 Å². The van der Waals surface area contributed by atoms with Gasteiger partial charge in [0.2, 0.25) is 0 Å². The van der Waals surface area contributed by atoms with Gasteiger partial charge in [0.25, 0.3) is 0 Å². The Morgan fingerprint density at radius 1 is 1.44 bits per heavy atom. The van der Waals surface area contributed by atoms with Gasteiger partial charge in [-0.3, -0.25) is 5.32 Å². The summed E-state index contributed by atoms with van der Waals surface area (Å²) in [5.74, 6) is 1.90. The Morgan fingerprint density at radius 2 is 2.28 bits per heavy atom. The normalized spacial score (nSPS) is 17.4. The van der Waals surface area contributed by atoms with Crippen LogP contribution in [-0.2, 0) is 7.05 Å². The van der Waals surface area contributed by atoms with E-state index in [0.717, 1.165) is 24.4 Å². The van der Waals surface area contributed by atoms with Gasteiger partial charge >= 0.3 is 0 Å². The molecule has 1 aliphatic carbocycles. The van der Waals surface area contributed by atoms with Crippen molar-refractivity contribution in [1.29, 1.82) is 0 Å². The minimum Gasteiger partial charge on any atom is -0.467 e. The molecule has 3 rings (SSSR count). The van der Waals surface area contributed by atoms with Crippen molar-refractivity contribution in [3.8, 4) is 0 Å². The molecular weight excluding hydrogens is 226 g/mol. The highest BCUT2D eigenvalue weighted by molar-refractivity contribution is 5.17. The molecule has 94 valence electrons. The zero-order valence-corrected chi connectivity index (χ0v) is 10.4. The van der Waals surface area contributed by atoms with E-state index in [1.807, 2.05) is 36.1 Å². The van der Waals surface area contributed by atoms with Crippen LogP contribution >= 0.6 is 0 Å². The van der Waals surface area contributed by atoms with Crippen LogP contribution in [0.4, 0.5) is 0 Å². The second-order valence-electron chi connectivity index (χ2n) is 4.65. The molecule has 1 unspecified atom stereocenters. The number of hydrogen-bond donors (Lipinski definition) is 1. The number of nitrogens with one attached hydrogen (secondary N) is 1. The summed E-state index contributed by atoms with van der Waals surface area (Å²) < 4.78 is 7.58. The van der Waals surface area contributed by atoms with Crippen molar-refractivity contribution < 1.29 is 4.42 Å². The fourth-order valence-electron chi connectivity index (χ4n) is 2.38.